The molecular formula is C19H23Cl. The van der Waals surface area contributed by atoms with Crippen molar-refractivity contribution in [2.75, 3.05) is 0 Å². The van der Waals surface area contributed by atoms with Crippen LogP contribution in [0.3, 0.4) is 0 Å². The molecule has 0 bridgehead atoms. The average molecular weight is 287 g/mol. The van der Waals surface area contributed by atoms with E-state index in [9.17, 15) is 0 Å². The summed E-state index contributed by atoms with van der Waals surface area (Å²) < 4.78 is 0. The van der Waals surface area contributed by atoms with E-state index >= 15 is 0 Å². The van der Waals surface area contributed by atoms with Crippen LogP contribution >= 0.6 is 11.6 Å². The number of rotatable bonds is 3. The first-order chi connectivity index (χ1) is 9.34. The number of aryl methyl sites for hydroxylation is 3. The Balaban J connectivity index is 2.48. The Morgan fingerprint density at radius 1 is 0.900 bits per heavy atom. The second-order valence-corrected chi connectivity index (χ2v) is 6.70. The Bertz CT molecular complexity index is 573. The van der Waals surface area contributed by atoms with E-state index in [4.69, 9.17) is 11.6 Å². The van der Waals surface area contributed by atoms with E-state index in [2.05, 4.69) is 71.0 Å². The first-order valence-corrected chi connectivity index (χ1v) is 7.55. The van der Waals surface area contributed by atoms with Gasteiger partial charge in [-0.05, 0) is 43.0 Å². The molecule has 0 amide bonds. The van der Waals surface area contributed by atoms with Crippen molar-refractivity contribution in [2.45, 2.75) is 45.4 Å². The summed E-state index contributed by atoms with van der Waals surface area (Å²) in [4.78, 5) is 0. The lowest BCUT2D eigenvalue weighted by atomic mass is 9.76. The van der Waals surface area contributed by atoms with Crippen LogP contribution in [0, 0.1) is 20.8 Å². The SMILES string of the molecule is Cc1cc(C)c(C(Cl)C(C)(C)c2ccccc2)c(C)c1. The molecule has 0 aromatic heterocycles. The van der Waals surface area contributed by atoms with Gasteiger partial charge < -0.3 is 0 Å². The van der Waals surface area contributed by atoms with Crippen LogP contribution in [0.1, 0.15) is 47.0 Å². The highest BCUT2D eigenvalue weighted by Crippen LogP contribution is 2.43. The van der Waals surface area contributed by atoms with Gasteiger partial charge in [0.1, 0.15) is 0 Å². The van der Waals surface area contributed by atoms with Gasteiger partial charge >= 0.3 is 0 Å². The van der Waals surface area contributed by atoms with E-state index in [1.807, 2.05) is 6.07 Å². The maximum Gasteiger partial charge on any atom is 0.0681 e. The highest BCUT2D eigenvalue weighted by atomic mass is 35.5. The van der Waals surface area contributed by atoms with Crippen LogP contribution in [0.5, 0.6) is 0 Å². The molecule has 0 saturated carbocycles. The van der Waals surface area contributed by atoms with Gasteiger partial charge in [-0.1, -0.05) is 61.9 Å². The summed E-state index contributed by atoms with van der Waals surface area (Å²) in [6.07, 6.45) is 0. The molecule has 1 heteroatoms. The fourth-order valence-corrected chi connectivity index (χ4v) is 3.44. The molecule has 0 aliphatic carbocycles. The lowest BCUT2D eigenvalue weighted by molar-refractivity contribution is 0.501. The van der Waals surface area contributed by atoms with Gasteiger partial charge in [-0.25, -0.2) is 0 Å². The molecule has 0 aliphatic heterocycles. The summed E-state index contributed by atoms with van der Waals surface area (Å²) in [5.74, 6) is 0. The molecule has 0 radical (unpaired) electrons. The summed E-state index contributed by atoms with van der Waals surface area (Å²) in [6, 6.07) is 15.0. The lowest BCUT2D eigenvalue weighted by Crippen LogP contribution is -2.24. The van der Waals surface area contributed by atoms with E-state index in [1.165, 1.54) is 27.8 Å². The van der Waals surface area contributed by atoms with Crippen LogP contribution in [-0.2, 0) is 5.41 Å². The zero-order chi connectivity index (χ0) is 14.9. The van der Waals surface area contributed by atoms with Crippen LogP contribution in [0.15, 0.2) is 42.5 Å². The summed E-state index contributed by atoms with van der Waals surface area (Å²) in [5.41, 5.74) is 6.31. The molecule has 0 aliphatic rings. The first kappa shape index (κ1) is 15.1. The maximum atomic E-state index is 6.90. The van der Waals surface area contributed by atoms with Crippen LogP contribution in [-0.4, -0.2) is 0 Å². The number of hydrogen-bond acceptors (Lipinski definition) is 0. The van der Waals surface area contributed by atoms with Gasteiger partial charge in [-0.15, -0.1) is 11.6 Å². The molecule has 2 rings (SSSR count). The maximum absolute atomic E-state index is 6.90. The highest BCUT2D eigenvalue weighted by Gasteiger charge is 2.32. The Morgan fingerprint density at radius 2 is 1.40 bits per heavy atom. The van der Waals surface area contributed by atoms with Gasteiger partial charge in [-0.3, -0.25) is 0 Å². The Hall–Kier alpha value is -1.27. The summed E-state index contributed by atoms with van der Waals surface area (Å²) in [5, 5.41) is -0.0366. The molecule has 0 nitrogen and oxygen atoms in total. The summed E-state index contributed by atoms with van der Waals surface area (Å²) in [6.45, 7) is 10.9. The molecule has 0 saturated heterocycles. The number of halogens is 1. The molecule has 106 valence electrons. The topological polar surface area (TPSA) is 0 Å². The highest BCUT2D eigenvalue weighted by molar-refractivity contribution is 6.22. The molecule has 1 atom stereocenters. The fourth-order valence-electron chi connectivity index (χ4n) is 2.97. The van der Waals surface area contributed by atoms with Crippen molar-refractivity contribution >= 4 is 11.6 Å². The second kappa shape index (κ2) is 5.61. The monoisotopic (exact) mass is 286 g/mol. The van der Waals surface area contributed by atoms with E-state index in [1.54, 1.807) is 0 Å². The fraction of sp³-hybridized carbons (Fsp3) is 0.368. The van der Waals surface area contributed by atoms with Crippen molar-refractivity contribution in [3.63, 3.8) is 0 Å². The van der Waals surface area contributed by atoms with Crippen molar-refractivity contribution in [2.24, 2.45) is 0 Å². The first-order valence-electron chi connectivity index (χ1n) is 7.11. The Labute approximate surface area is 127 Å². The van der Waals surface area contributed by atoms with Crippen molar-refractivity contribution in [1.82, 2.24) is 0 Å². The number of alkyl halides is 1. The van der Waals surface area contributed by atoms with E-state index in [0.717, 1.165) is 0 Å². The minimum Gasteiger partial charge on any atom is -0.117 e. The van der Waals surface area contributed by atoms with Gasteiger partial charge in [0.25, 0.3) is 0 Å². The number of benzene rings is 2. The van der Waals surface area contributed by atoms with E-state index < -0.39 is 0 Å². The van der Waals surface area contributed by atoms with Crippen LogP contribution in [0.2, 0.25) is 0 Å². The van der Waals surface area contributed by atoms with Crippen molar-refractivity contribution < 1.29 is 0 Å². The van der Waals surface area contributed by atoms with Crippen LogP contribution in [0.4, 0.5) is 0 Å². The molecule has 0 heterocycles. The standard InChI is InChI=1S/C19H23Cl/c1-13-11-14(2)17(15(3)12-13)18(20)19(4,5)16-9-7-6-8-10-16/h6-12,18H,1-5H3. The minimum atomic E-state index is -0.104. The molecule has 2 aromatic carbocycles. The summed E-state index contributed by atoms with van der Waals surface area (Å²) >= 11 is 6.90. The predicted octanol–water partition coefficient (Wildman–Crippen LogP) is 5.87. The molecule has 0 N–H and O–H groups in total. The van der Waals surface area contributed by atoms with Gasteiger partial charge in [0, 0.05) is 5.41 Å². The van der Waals surface area contributed by atoms with Crippen LogP contribution < -0.4 is 0 Å². The van der Waals surface area contributed by atoms with Gasteiger partial charge in [0.2, 0.25) is 0 Å². The Kier molecular flexibility index (Phi) is 4.25. The van der Waals surface area contributed by atoms with Gasteiger partial charge in [0.15, 0.2) is 0 Å². The third kappa shape index (κ3) is 2.76. The van der Waals surface area contributed by atoms with Crippen LogP contribution in [0.25, 0.3) is 0 Å². The smallest absolute Gasteiger partial charge is 0.0681 e. The van der Waals surface area contributed by atoms with E-state index in [0.29, 0.717) is 0 Å². The normalized spacial score (nSPS) is 13.3. The molecule has 20 heavy (non-hydrogen) atoms. The third-order valence-electron chi connectivity index (χ3n) is 4.14. The van der Waals surface area contributed by atoms with Crippen molar-refractivity contribution in [3.8, 4) is 0 Å². The zero-order valence-corrected chi connectivity index (χ0v) is 13.8. The van der Waals surface area contributed by atoms with Gasteiger partial charge in [-0.2, -0.15) is 0 Å². The minimum absolute atomic E-state index is 0.0366. The summed E-state index contributed by atoms with van der Waals surface area (Å²) in [7, 11) is 0. The Morgan fingerprint density at radius 3 is 1.90 bits per heavy atom. The van der Waals surface area contributed by atoms with Gasteiger partial charge in [0.05, 0.1) is 5.38 Å². The van der Waals surface area contributed by atoms with Crippen molar-refractivity contribution in [3.05, 3.63) is 70.3 Å². The lowest BCUT2D eigenvalue weighted by Gasteiger charge is -2.33. The third-order valence-corrected chi connectivity index (χ3v) is 4.91. The zero-order valence-electron chi connectivity index (χ0n) is 13.0. The quantitative estimate of drug-likeness (QED) is 0.619. The molecular weight excluding hydrogens is 264 g/mol. The molecule has 1 unspecified atom stereocenters. The predicted molar refractivity (Wildman–Crippen MR) is 88.7 cm³/mol. The molecule has 0 fully saturated rings. The average Bonchev–Trinajstić information content (AvgIpc) is 2.38. The number of hydrogen-bond donors (Lipinski definition) is 0. The largest absolute Gasteiger partial charge is 0.117 e. The van der Waals surface area contributed by atoms with E-state index in [-0.39, 0.29) is 10.8 Å². The molecule has 2 aromatic rings. The molecule has 0 spiro atoms. The second-order valence-electron chi connectivity index (χ2n) is 6.26. The van der Waals surface area contributed by atoms with Crippen molar-refractivity contribution in [1.29, 1.82) is 0 Å².